The molecule has 1 aliphatic carbocycles. The zero-order valence-corrected chi connectivity index (χ0v) is 15.2. The lowest BCUT2D eigenvalue weighted by atomic mass is 9.84. The molecule has 1 heteroatoms. The van der Waals surface area contributed by atoms with Gasteiger partial charge in [-0.2, -0.15) is 0 Å². The van der Waals surface area contributed by atoms with Gasteiger partial charge in [-0.3, -0.25) is 0 Å². The number of allylic oxidation sites excluding steroid dienone is 4. The Morgan fingerprint density at radius 3 is 1.67 bits per heavy atom. The van der Waals surface area contributed by atoms with Crippen molar-refractivity contribution in [3.05, 3.63) is 102 Å². The summed E-state index contributed by atoms with van der Waals surface area (Å²) >= 11 is 0. The molecule has 130 valence electrons. The van der Waals surface area contributed by atoms with Gasteiger partial charge in [0, 0.05) is 5.70 Å². The summed E-state index contributed by atoms with van der Waals surface area (Å²) in [6, 6.07) is 28.2. The zero-order chi connectivity index (χ0) is 18.2. The van der Waals surface area contributed by atoms with Crippen LogP contribution in [0.25, 0.3) is 38.2 Å². The SMILES string of the molecule is NC1=CC(c2c3ccccc3c(-c3ccccc3)c3ccccc23)=CCC1. The zero-order valence-electron chi connectivity index (χ0n) is 15.2. The maximum atomic E-state index is 6.19. The maximum Gasteiger partial charge on any atom is 0.00896 e. The van der Waals surface area contributed by atoms with Gasteiger partial charge in [0.25, 0.3) is 0 Å². The molecule has 4 aromatic carbocycles. The minimum absolute atomic E-state index is 0.946. The first-order chi connectivity index (χ1) is 13.3. The van der Waals surface area contributed by atoms with E-state index in [-0.39, 0.29) is 0 Å². The molecule has 2 N–H and O–H groups in total. The minimum atomic E-state index is 0.946. The molecular formula is C26H21N. The molecule has 1 aliphatic rings. The van der Waals surface area contributed by atoms with Crippen LogP contribution in [0.15, 0.2) is 96.7 Å². The summed E-state index contributed by atoms with van der Waals surface area (Å²) in [5.74, 6) is 0. The first-order valence-electron chi connectivity index (χ1n) is 9.48. The Hall–Kier alpha value is -3.32. The van der Waals surface area contributed by atoms with Crippen LogP contribution in [0.5, 0.6) is 0 Å². The molecule has 0 radical (unpaired) electrons. The molecule has 0 heterocycles. The van der Waals surface area contributed by atoms with E-state index in [9.17, 15) is 0 Å². The van der Waals surface area contributed by atoms with E-state index in [2.05, 4.69) is 91.0 Å². The number of hydrogen-bond donors (Lipinski definition) is 1. The summed E-state index contributed by atoms with van der Waals surface area (Å²) in [4.78, 5) is 0. The summed E-state index contributed by atoms with van der Waals surface area (Å²) in [5, 5.41) is 5.14. The van der Waals surface area contributed by atoms with Crippen LogP contribution in [-0.2, 0) is 0 Å². The number of benzene rings is 4. The Morgan fingerprint density at radius 1 is 0.593 bits per heavy atom. The van der Waals surface area contributed by atoms with Crippen LogP contribution in [-0.4, -0.2) is 0 Å². The second-order valence-corrected chi connectivity index (χ2v) is 7.12. The second-order valence-electron chi connectivity index (χ2n) is 7.12. The summed E-state index contributed by atoms with van der Waals surface area (Å²) < 4.78 is 0. The van der Waals surface area contributed by atoms with E-state index in [1.807, 2.05) is 0 Å². The Morgan fingerprint density at radius 2 is 1.11 bits per heavy atom. The molecule has 5 rings (SSSR count). The van der Waals surface area contributed by atoms with Crippen molar-refractivity contribution < 1.29 is 0 Å². The Bertz CT molecular complexity index is 1160. The predicted molar refractivity (Wildman–Crippen MR) is 116 cm³/mol. The highest BCUT2D eigenvalue weighted by atomic mass is 14.6. The van der Waals surface area contributed by atoms with Gasteiger partial charge < -0.3 is 5.73 Å². The fourth-order valence-corrected chi connectivity index (χ4v) is 4.25. The summed E-state index contributed by atoms with van der Waals surface area (Å²) in [5.41, 5.74) is 12.3. The van der Waals surface area contributed by atoms with Crippen molar-refractivity contribution in [2.45, 2.75) is 12.8 Å². The Labute approximate surface area is 159 Å². The van der Waals surface area contributed by atoms with Crippen molar-refractivity contribution >= 4 is 27.1 Å². The monoisotopic (exact) mass is 347 g/mol. The molecule has 0 fully saturated rings. The highest BCUT2D eigenvalue weighted by molar-refractivity contribution is 6.19. The molecule has 0 saturated carbocycles. The molecule has 27 heavy (non-hydrogen) atoms. The quantitative estimate of drug-likeness (QED) is 0.402. The highest BCUT2D eigenvalue weighted by Crippen LogP contribution is 2.42. The molecular weight excluding hydrogens is 326 g/mol. The number of fused-ring (bicyclic) bond motifs is 2. The Kier molecular flexibility index (Phi) is 3.79. The van der Waals surface area contributed by atoms with Gasteiger partial charge in [0.15, 0.2) is 0 Å². The van der Waals surface area contributed by atoms with Gasteiger partial charge in [-0.15, -0.1) is 0 Å². The van der Waals surface area contributed by atoms with E-state index >= 15 is 0 Å². The van der Waals surface area contributed by atoms with Gasteiger partial charge in [0.2, 0.25) is 0 Å². The molecule has 0 atom stereocenters. The number of rotatable bonds is 2. The van der Waals surface area contributed by atoms with Gasteiger partial charge in [-0.25, -0.2) is 0 Å². The van der Waals surface area contributed by atoms with Crippen molar-refractivity contribution in [2.24, 2.45) is 5.73 Å². The van der Waals surface area contributed by atoms with Gasteiger partial charge >= 0.3 is 0 Å². The molecule has 0 aromatic heterocycles. The van der Waals surface area contributed by atoms with Crippen LogP contribution in [0.1, 0.15) is 18.4 Å². The van der Waals surface area contributed by atoms with E-state index < -0.39 is 0 Å². The summed E-state index contributed by atoms with van der Waals surface area (Å²) in [6.07, 6.45) is 6.43. The van der Waals surface area contributed by atoms with E-state index in [1.54, 1.807) is 0 Å². The van der Waals surface area contributed by atoms with Gasteiger partial charge in [-0.05, 0) is 62.7 Å². The van der Waals surface area contributed by atoms with Crippen LogP contribution in [0.4, 0.5) is 0 Å². The molecule has 0 aliphatic heterocycles. The topological polar surface area (TPSA) is 26.0 Å². The third-order valence-corrected chi connectivity index (χ3v) is 5.42. The van der Waals surface area contributed by atoms with Crippen molar-refractivity contribution in [3.63, 3.8) is 0 Å². The standard InChI is InChI=1S/C26H21N/c27-20-12-8-11-19(17-20)26-23-15-6-4-13-21(23)25(18-9-2-1-3-10-18)22-14-5-7-16-24(22)26/h1-7,9-11,13-17H,8,12,27H2. The fraction of sp³-hybridized carbons (Fsp3) is 0.0769. The molecule has 4 aromatic rings. The molecule has 0 amide bonds. The molecule has 0 spiro atoms. The second kappa shape index (κ2) is 6.44. The summed E-state index contributed by atoms with van der Waals surface area (Å²) in [6.45, 7) is 0. The van der Waals surface area contributed by atoms with Crippen LogP contribution in [0.3, 0.4) is 0 Å². The molecule has 1 nitrogen and oxygen atoms in total. The lowest BCUT2D eigenvalue weighted by Crippen LogP contribution is -2.02. The van der Waals surface area contributed by atoms with Crippen molar-refractivity contribution in [2.75, 3.05) is 0 Å². The van der Waals surface area contributed by atoms with Gasteiger partial charge in [-0.1, -0.05) is 84.9 Å². The van der Waals surface area contributed by atoms with E-state index in [0.717, 1.165) is 18.5 Å². The predicted octanol–water partition coefficient (Wildman–Crippen LogP) is 6.68. The van der Waals surface area contributed by atoms with Crippen molar-refractivity contribution in [1.29, 1.82) is 0 Å². The molecule has 0 saturated heterocycles. The third-order valence-electron chi connectivity index (χ3n) is 5.42. The molecule has 0 unspecified atom stereocenters. The fourth-order valence-electron chi connectivity index (χ4n) is 4.25. The van der Waals surface area contributed by atoms with Crippen molar-refractivity contribution in [1.82, 2.24) is 0 Å². The van der Waals surface area contributed by atoms with E-state index in [0.29, 0.717) is 0 Å². The average Bonchev–Trinajstić information content (AvgIpc) is 2.72. The number of hydrogen-bond acceptors (Lipinski definition) is 1. The molecule has 0 bridgehead atoms. The minimum Gasteiger partial charge on any atom is -0.402 e. The first kappa shape index (κ1) is 15.9. The van der Waals surface area contributed by atoms with E-state index in [4.69, 9.17) is 5.73 Å². The smallest absolute Gasteiger partial charge is 0.00896 e. The van der Waals surface area contributed by atoms with E-state index in [1.165, 1.54) is 43.8 Å². The Balaban J connectivity index is 1.97. The lowest BCUT2D eigenvalue weighted by Gasteiger charge is -2.19. The maximum absolute atomic E-state index is 6.19. The normalized spacial score (nSPS) is 14.2. The largest absolute Gasteiger partial charge is 0.402 e. The van der Waals surface area contributed by atoms with Gasteiger partial charge in [0.1, 0.15) is 0 Å². The van der Waals surface area contributed by atoms with Crippen LogP contribution in [0, 0.1) is 0 Å². The third kappa shape index (κ3) is 2.63. The average molecular weight is 347 g/mol. The summed E-state index contributed by atoms with van der Waals surface area (Å²) in [7, 11) is 0. The number of nitrogens with two attached hydrogens (primary N) is 1. The highest BCUT2D eigenvalue weighted by Gasteiger charge is 2.17. The van der Waals surface area contributed by atoms with Crippen molar-refractivity contribution in [3.8, 4) is 11.1 Å². The van der Waals surface area contributed by atoms with Crippen LogP contribution >= 0.6 is 0 Å². The van der Waals surface area contributed by atoms with Crippen LogP contribution < -0.4 is 5.73 Å². The first-order valence-corrected chi connectivity index (χ1v) is 9.48. The lowest BCUT2D eigenvalue weighted by molar-refractivity contribution is 0.949. The van der Waals surface area contributed by atoms with Gasteiger partial charge in [0.05, 0.1) is 0 Å². The van der Waals surface area contributed by atoms with Crippen LogP contribution in [0.2, 0.25) is 0 Å².